The van der Waals surface area contributed by atoms with Crippen molar-refractivity contribution in [2.75, 3.05) is 27.2 Å². The van der Waals surface area contributed by atoms with Crippen LogP contribution in [0.25, 0.3) is 0 Å². The van der Waals surface area contributed by atoms with E-state index in [4.69, 9.17) is 0 Å². The molecule has 19 heavy (non-hydrogen) atoms. The summed E-state index contributed by atoms with van der Waals surface area (Å²) in [6.45, 7) is 1.58. The van der Waals surface area contributed by atoms with Crippen LogP contribution in [0.2, 0.25) is 0 Å². The summed E-state index contributed by atoms with van der Waals surface area (Å²) in [5.74, 6) is 0.198. The minimum atomic E-state index is -0.145. The van der Waals surface area contributed by atoms with Crippen molar-refractivity contribution < 1.29 is 9.59 Å². The van der Waals surface area contributed by atoms with Crippen LogP contribution in [0.1, 0.15) is 40.1 Å². The van der Waals surface area contributed by atoms with Crippen LogP contribution in [0.5, 0.6) is 0 Å². The zero-order valence-electron chi connectivity index (χ0n) is 11.5. The monoisotopic (exact) mass is 263 g/mol. The first kappa shape index (κ1) is 13.8. The van der Waals surface area contributed by atoms with E-state index >= 15 is 0 Å². The number of aromatic amines is 1. The van der Waals surface area contributed by atoms with Gasteiger partial charge in [0.15, 0.2) is 5.78 Å². The van der Waals surface area contributed by atoms with Gasteiger partial charge in [0.1, 0.15) is 5.69 Å². The molecular weight excluding hydrogens is 242 g/mol. The highest BCUT2D eigenvalue weighted by atomic mass is 16.2. The largest absolute Gasteiger partial charge is 0.356 e. The average Bonchev–Trinajstić information content (AvgIpc) is 3.10. The SMILES string of the molecule is CN(C)CCCNC(=O)c1cc(C(=O)C2CC2)c[nH]1. The number of Topliss-reactive ketones (excluding diaryl/α,β-unsaturated/α-hetero) is 1. The molecule has 1 aliphatic carbocycles. The van der Waals surface area contributed by atoms with Crippen LogP contribution < -0.4 is 5.32 Å². The molecule has 0 unspecified atom stereocenters. The summed E-state index contributed by atoms with van der Waals surface area (Å²) in [6, 6.07) is 1.65. The van der Waals surface area contributed by atoms with E-state index < -0.39 is 0 Å². The Labute approximate surface area is 113 Å². The van der Waals surface area contributed by atoms with E-state index in [1.165, 1.54) is 0 Å². The molecule has 0 spiro atoms. The third-order valence-electron chi connectivity index (χ3n) is 3.23. The van der Waals surface area contributed by atoms with Gasteiger partial charge in [-0.25, -0.2) is 0 Å². The Morgan fingerprint density at radius 2 is 2.16 bits per heavy atom. The van der Waals surface area contributed by atoms with E-state index in [1.807, 2.05) is 14.1 Å². The van der Waals surface area contributed by atoms with E-state index in [9.17, 15) is 9.59 Å². The Morgan fingerprint density at radius 3 is 2.79 bits per heavy atom. The number of hydrogen-bond acceptors (Lipinski definition) is 3. The lowest BCUT2D eigenvalue weighted by molar-refractivity contribution is 0.0947. The summed E-state index contributed by atoms with van der Waals surface area (Å²) in [7, 11) is 4.01. The predicted molar refractivity (Wildman–Crippen MR) is 73.4 cm³/mol. The Balaban J connectivity index is 1.80. The molecule has 1 amide bonds. The Hall–Kier alpha value is -1.62. The first-order valence-corrected chi connectivity index (χ1v) is 6.73. The molecule has 1 heterocycles. The number of rotatable bonds is 7. The van der Waals surface area contributed by atoms with Crippen LogP contribution in [0.4, 0.5) is 0 Å². The highest BCUT2D eigenvalue weighted by Gasteiger charge is 2.31. The number of nitrogens with one attached hydrogen (secondary N) is 2. The van der Waals surface area contributed by atoms with Gasteiger partial charge in [-0.15, -0.1) is 0 Å². The molecule has 5 heteroatoms. The predicted octanol–water partition coefficient (Wildman–Crippen LogP) is 1.29. The molecule has 0 bridgehead atoms. The Morgan fingerprint density at radius 1 is 1.42 bits per heavy atom. The summed E-state index contributed by atoms with van der Waals surface area (Å²) in [4.78, 5) is 28.6. The molecule has 2 N–H and O–H groups in total. The molecule has 2 rings (SSSR count). The highest BCUT2D eigenvalue weighted by molar-refractivity contribution is 6.02. The van der Waals surface area contributed by atoms with E-state index in [0.717, 1.165) is 25.8 Å². The minimum Gasteiger partial charge on any atom is -0.356 e. The summed E-state index contributed by atoms with van der Waals surface area (Å²) in [6.07, 6.45) is 4.51. The molecule has 0 radical (unpaired) electrons. The number of carbonyl (C=O) groups is 2. The molecule has 1 aromatic heterocycles. The molecule has 5 nitrogen and oxygen atoms in total. The smallest absolute Gasteiger partial charge is 0.267 e. The van der Waals surface area contributed by atoms with Gasteiger partial charge in [-0.2, -0.15) is 0 Å². The lowest BCUT2D eigenvalue weighted by atomic mass is 10.1. The highest BCUT2D eigenvalue weighted by Crippen LogP contribution is 2.32. The molecule has 0 aromatic carbocycles. The van der Waals surface area contributed by atoms with Crippen molar-refractivity contribution in [1.29, 1.82) is 0 Å². The summed E-state index contributed by atoms with van der Waals surface area (Å²) in [5.41, 5.74) is 1.09. The second kappa shape index (κ2) is 6.02. The van der Waals surface area contributed by atoms with E-state index in [0.29, 0.717) is 17.8 Å². The molecule has 0 atom stereocenters. The van der Waals surface area contributed by atoms with Gasteiger partial charge in [-0.05, 0) is 46.0 Å². The van der Waals surface area contributed by atoms with Gasteiger partial charge in [0.05, 0.1) is 0 Å². The summed E-state index contributed by atoms with van der Waals surface area (Å²) >= 11 is 0. The van der Waals surface area contributed by atoms with Gasteiger partial charge in [0, 0.05) is 24.2 Å². The van der Waals surface area contributed by atoms with Gasteiger partial charge in [0.2, 0.25) is 0 Å². The van der Waals surface area contributed by atoms with Gasteiger partial charge < -0.3 is 15.2 Å². The average molecular weight is 263 g/mol. The van der Waals surface area contributed by atoms with Gasteiger partial charge in [-0.1, -0.05) is 0 Å². The van der Waals surface area contributed by atoms with Crippen molar-refractivity contribution in [3.05, 3.63) is 23.5 Å². The molecule has 1 saturated carbocycles. The third kappa shape index (κ3) is 3.92. The molecule has 1 aromatic rings. The van der Waals surface area contributed by atoms with Crippen molar-refractivity contribution in [3.8, 4) is 0 Å². The molecule has 1 aliphatic rings. The Kier molecular flexibility index (Phi) is 4.37. The van der Waals surface area contributed by atoms with Crippen LogP contribution >= 0.6 is 0 Å². The molecule has 1 fully saturated rings. The van der Waals surface area contributed by atoms with Gasteiger partial charge in [-0.3, -0.25) is 9.59 Å². The molecule has 0 saturated heterocycles. The maximum Gasteiger partial charge on any atom is 0.267 e. The molecular formula is C14H21N3O2. The van der Waals surface area contributed by atoms with Crippen LogP contribution in [0.3, 0.4) is 0 Å². The number of carbonyl (C=O) groups excluding carboxylic acids is 2. The number of hydrogen-bond donors (Lipinski definition) is 2. The van der Waals surface area contributed by atoms with E-state index in [-0.39, 0.29) is 17.6 Å². The number of amides is 1. The summed E-state index contributed by atoms with van der Waals surface area (Å²) in [5, 5.41) is 2.84. The van der Waals surface area contributed by atoms with Crippen molar-refractivity contribution in [2.45, 2.75) is 19.3 Å². The lowest BCUT2D eigenvalue weighted by Gasteiger charge is -2.09. The van der Waals surface area contributed by atoms with Crippen molar-refractivity contribution in [2.24, 2.45) is 5.92 Å². The number of ketones is 1. The van der Waals surface area contributed by atoms with Crippen LogP contribution in [-0.4, -0.2) is 48.8 Å². The zero-order chi connectivity index (χ0) is 13.8. The van der Waals surface area contributed by atoms with Crippen LogP contribution in [0.15, 0.2) is 12.3 Å². The fourth-order valence-corrected chi connectivity index (χ4v) is 1.94. The van der Waals surface area contributed by atoms with Gasteiger partial charge >= 0.3 is 0 Å². The van der Waals surface area contributed by atoms with Crippen LogP contribution in [-0.2, 0) is 0 Å². The normalized spacial score (nSPS) is 14.7. The molecule has 0 aliphatic heterocycles. The quantitative estimate of drug-likeness (QED) is 0.575. The number of H-pyrrole nitrogens is 1. The zero-order valence-corrected chi connectivity index (χ0v) is 11.5. The number of nitrogens with zero attached hydrogens (tertiary/aromatic N) is 1. The third-order valence-corrected chi connectivity index (χ3v) is 3.23. The first-order chi connectivity index (χ1) is 9.08. The van der Waals surface area contributed by atoms with E-state index in [2.05, 4.69) is 15.2 Å². The number of aromatic nitrogens is 1. The van der Waals surface area contributed by atoms with Crippen molar-refractivity contribution >= 4 is 11.7 Å². The first-order valence-electron chi connectivity index (χ1n) is 6.73. The topological polar surface area (TPSA) is 65.2 Å². The van der Waals surface area contributed by atoms with Crippen molar-refractivity contribution in [3.63, 3.8) is 0 Å². The maximum absolute atomic E-state index is 11.8. The summed E-state index contributed by atoms with van der Waals surface area (Å²) < 4.78 is 0. The van der Waals surface area contributed by atoms with E-state index in [1.54, 1.807) is 12.3 Å². The fraction of sp³-hybridized carbons (Fsp3) is 0.571. The maximum atomic E-state index is 11.8. The lowest BCUT2D eigenvalue weighted by Crippen LogP contribution is -2.27. The van der Waals surface area contributed by atoms with Crippen LogP contribution in [0, 0.1) is 5.92 Å². The molecule has 104 valence electrons. The fourth-order valence-electron chi connectivity index (χ4n) is 1.94. The second-order valence-electron chi connectivity index (χ2n) is 5.35. The van der Waals surface area contributed by atoms with Crippen molar-refractivity contribution in [1.82, 2.24) is 15.2 Å². The van der Waals surface area contributed by atoms with Gasteiger partial charge in [0.25, 0.3) is 5.91 Å². The minimum absolute atomic E-state index is 0.145. The second-order valence-corrected chi connectivity index (χ2v) is 5.35. The Bertz CT molecular complexity index is 461. The standard InChI is InChI=1S/C14H21N3O2/c1-17(2)7-3-6-15-14(19)12-8-11(9-16-12)13(18)10-4-5-10/h8-10,16H,3-7H2,1-2H3,(H,15,19).